The monoisotopic (exact) mass is 241 g/mol. The first-order chi connectivity index (χ1) is 8.10. The molecular weight excluding hydrogens is 225 g/mol. The first-order valence-corrected chi connectivity index (χ1v) is 5.36. The maximum Gasteiger partial charge on any atom is 0.256 e. The minimum atomic E-state index is -0.717. The van der Waals surface area contributed by atoms with Gasteiger partial charge in [-0.05, 0) is 19.1 Å². The molecule has 4 nitrogen and oxygen atoms in total. The number of ether oxygens (including phenoxy) is 1. The van der Waals surface area contributed by atoms with Gasteiger partial charge in [0.25, 0.3) is 5.91 Å². The van der Waals surface area contributed by atoms with Crippen LogP contribution in [0.2, 0.25) is 0 Å². The summed E-state index contributed by atoms with van der Waals surface area (Å²) in [7, 11) is 1.54. The Balaban J connectivity index is 2.86. The second-order valence-corrected chi connectivity index (χ2v) is 3.54. The molecule has 1 rings (SSSR count). The Hall–Kier alpha value is -1.62. The molecule has 0 radical (unpaired) electrons. The molecule has 0 aliphatic carbocycles. The van der Waals surface area contributed by atoms with Crippen LogP contribution in [-0.4, -0.2) is 42.7 Å². The summed E-state index contributed by atoms with van der Waals surface area (Å²) >= 11 is 0. The highest BCUT2D eigenvalue weighted by Crippen LogP contribution is 2.16. The third kappa shape index (κ3) is 3.42. The van der Waals surface area contributed by atoms with Crippen molar-refractivity contribution in [2.24, 2.45) is 0 Å². The molecule has 1 amide bonds. The molecule has 0 atom stereocenters. The molecule has 0 bridgehead atoms. The van der Waals surface area contributed by atoms with Crippen LogP contribution in [0, 0.1) is 5.82 Å². The molecule has 0 aromatic heterocycles. The quantitative estimate of drug-likeness (QED) is 0.852. The lowest BCUT2D eigenvalue weighted by Crippen LogP contribution is -2.34. The fourth-order valence-corrected chi connectivity index (χ4v) is 1.45. The lowest BCUT2D eigenvalue weighted by Gasteiger charge is -2.20. The van der Waals surface area contributed by atoms with E-state index in [0.717, 1.165) is 6.07 Å². The van der Waals surface area contributed by atoms with Crippen LogP contribution in [-0.2, 0) is 4.74 Å². The molecule has 0 fully saturated rings. The minimum absolute atomic E-state index is 0.0410. The van der Waals surface area contributed by atoms with Gasteiger partial charge in [-0.2, -0.15) is 0 Å². The first kappa shape index (κ1) is 13.4. The van der Waals surface area contributed by atoms with Gasteiger partial charge in [-0.15, -0.1) is 0 Å². The molecule has 0 aliphatic rings. The Labute approximate surface area is 99.6 Å². The van der Waals surface area contributed by atoms with Crippen molar-refractivity contribution in [2.75, 3.05) is 26.8 Å². The van der Waals surface area contributed by atoms with Crippen LogP contribution >= 0.6 is 0 Å². The van der Waals surface area contributed by atoms with Gasteiger partial charge in [0.05, 0.1) is 12.2 Å². The van der Waals surface area contributed by atoms with Crippen molar-refractivity contribution >= 4 is 5.91 Å². The van der Waals surface area contributed by atoms with Crippen molar-refractivity contribution in [2.45, 2.75) is 6.92 Å². The molecule has 0 spiro atoms. The fourth-order valence-electron chi connectivity index (χ4n) is 1.45. The molecule has 1 aromatic rings. The molecule has 0 unspecified atom stereocenters. The number of phenolic OH excluding ortho intramolecular Hbond substituents is 1. The van der Waals surface area contributed by atoms with E-state index in [1.165, 1.54) is 17.0 Å². The number of hydrogen-bond donors (Lipinski definition) is 1. The van der Waals surface area contributed by atoms with Gasteiger partial charge in [0.2, 0.25) is 0 Å². The molecule has 1 N–H and O–H groups in total. The number of benzene rings is 1. The number of amides is 1. The predicted octanol–water partition coefficient (Wildman–Crippen LogP) is 1.64. The van der Waals surface area contributed by atoms with Crippen molar-refractivity contribution in [1.29, 1.82) is 0 Å². The van der Waals surface area contributed by atoms with Gasteiger partial charge < -0.3 is 14.7 Å². The number of carbonyl (C=O) groups excluding carboxylic acids is 1. The Morgan fingerprint density at radius 2 is 2.24 bits per heavy atom. The number of nitrogens with zero attached hydrogens (tertiary/aromatic N) is 1. The zero-order valence-electron chi connectivity index (χ0n) is 9.94. The number of rotatable bonds is 5. The van der Waals surface area contributed by atoms with Crippen molar-refractivity contribution in [1.82, 2.24) is 4.90 Å². The number of methoxy groups -OCH3 is 1. The van der Waals surface area contributed by atoms with Crippen LogP contribution in [0.15, 0.2) is 18.2 Å². The summed E-state index contributed by atoms with van der Waals surface area (Å²) in [6.07, 6.45) is 0. The van der Waals surface area contributed by atoms with Crippen LogP contribution in [0.5, 0.6) is 5.75 Å². The third-order valence-corrected chi connectivity index (χ3v) is 2.42. The molecule has 1 aromatic carbocycles. The summed E-state index contributed by atoms with van der Waals surface area (Å²) in [4.78, 5) is 13.4. The predicted molar refractivity (Wildman–Crippen MR) is 61.5 cm³/mol. The highest BCUT2D eigenvalue weighted by molar-refractivity contribution is 5.94. The summed E-state index contributed by atoms with van der Waals surface area (Å²) in [5.74, 6) is -1.31. The van der Waals surface area contributed by atoms with Gasteiger partial charge in [-0.25, -0.2) is 4.39 Å². The van der Waals surface area contributed by atoms with Crippen molar-refractivity contribution in [3.05, 3.63) is 29.6 Å². The molecular formula is C12H16FNO3. The lowest BCUT2D eigenvalue weighted by atomic mass is 10.1. The Morgan fingerprint density at radius 3 is 2.76 bits per heavy atom. The molecule has 94 valence electrons. The van der Waals surface area contributed by atoms with Crippen molar-refractivity contribution < 1.29 is 19.0 Å². The first-order valence-electron chi connectivity index (χ1n) is 5.36. The second kappa shape index (κ2) is 6.20. The van der Waals surface area contributed by atoms with E-state index in [-0.39, 0.29) is 11.3 Å². The topological polar surface area (TPSA) is 49.8 Å². The van der Waals surface area contributed by atoms with Gasteiger partial charge >= 0.3 is 0 Å². The standard InChI is InChI=1S/C12H16FNO3/c1-3-14(6-7-17-2)12(16)10-5-4-9(15)8-11(10)13/h4-5,8,15H,3,6-7H2,1-2H3. The lowest BCUT2D eigenvalue weighted by molar-refractivity contribution is 0.0702. The van der Waals surface area contributed by atoms with E-state index in [2.05, 4.69) is 0 Å². The van der Waals surface area contributed by atoms with E-state index in [1.54, 1.807) is 7.11 Å². The maximum atomic E-state index is 13.5. The van der Waals surface area contributed by atoms with E-state index in [1.807, 2.05) is 6.92 Å². The number of likely N-dealkylation sites (N-methyl/N-ethyl adjacent to an activating group) is 1. The van der Waals surface area contributed by atoms with Crippen molar-refractivity contribution in [3.63, 3.8) is 0 Å². The van der Waals surface area contributed by atoms with Crippen LogP contribution in [0.25, 0.3) is 0 Å². The smallest absolute Gasteiger partial charge is 0.256 e. The maximum absolute atomic E-state index is 13.5. The van der Waals surface area contributed by atoms with Crippen LogP contribution in [0.1, 0.15) is 17.3 Å². The average molecular weight is 241 g/mol. The Kier molecular flexibility index (Phi) is 4.90. The van der Waals surface area contributed by atoms with Crippen LogP contribution in [0.3, 0.4) is 0 Å². The molecule has 5 heteroatoms. The zero-order chi connectivity index (χ0) is 12.8. The number of hydrogen-bond acceptors (Lipinski definition) is 3. The van der Waals surface area contributed by atoms with Crippen LogP contribution in [0.4, 0.5) is 4.39 Å². The van der Waals surface area contributed by atoms with E-state index < -0.39 is 11.7 Å². The molecule has 17 heavy (non-hydrogen) atoms. The van der Waals surface area contributed by atoms with E-state index in [9.17, 15) is 9.18 Å². The van der Waals surface area contributed by atoms with Gasteiger partial charge in [0.15, 0.2) is 0 Å². The molecule has 0 heterocycles. The van der Waals surface area contributed by atoms with Gasteiger partial charge in [0.1, 0.15) is 11.6 Å². The largest absolute Gasteiger partial charge is 0.508 e. The normalized spacial score (nSPS) is 10.3. The minimum Gasteiger partial charge on any atom is -0.508 e. The molecule has 0 saturated heterocycles. The SMILES string of the molecule is CCN(CCOC)C(=O)c1ccc(O)cc1F. The van der Waals surface area contributed by atoms with Gasteiger partial charge in [0, 0.05) is 26.3 Å². The highest BCUT2D eigenvalue weighted by atomic mass is 19.1. The van der Waals surface area contributed by atoms with Gasteiger partial charge in [-0.3, -0.25) is 4.79 Å². The zero-order valence-corrected chi connectivity index (χ0v) is 9.94. The van der Waals surface area contributed by atoms with Crippen LogP contribution < -0.4 is 0 Å². The van der Waals surface area contributed by atoms with E-state index in [0.29, 0.717) is 19.7 Å². The average Bonchev–Trinajstić information content (AvgIpc) is 2.29. The summed E-state index contributed by atoms with van der Waals surface area (Å²) < 4.78 is 18.4. The number of aromatic hydroxyl groups is 1. The Bertz CT molecular complexity index is 395. The summed E-state index contributed by atoms with van der Waals surface area (Å²) in [6, 6.07) is 3.50. The highest BCUT2D eigenvalue weighted by Gasteiger charge is 2.17. The van der Waals surface area contributed by atoms with Gasteiger partial charge in [-0.1, -0.05) is 0 Å². The molecule has 0 aliphatic heterocycles. The number of carbonyl (C=O) groups is 1. The third-order valence-electron chi connectivity index (χ3n) is 2.42. The second-order valence-electron chi connectivity index (χ2n) is 3.54. The summed E-state index contributed by atoms with van der Waals surface area (Å²) in [6.45, 7) is 3.10. The van der Waals surface area contributed by atoms with E-state index in [4.69, 9.17) is 9.84 Å². The fraction of sp³-hybridized carbons (Fsp3) is 0.417. The summed E-state index contributed by atoms with van der Waals surface area (Å²) in [5, 5.41) is 9.07. The van der Waals surface area contributed by atoms with Crippen molar-refractivity contribution in [3.8, 4) is 5.75 Å². The summed E-state index contributed by atoms with van der Waals surface area (Å²) in [5.41, 5.74) is -0.0410. The number of halogens is 1. The van der Waals surface area contributed by atoms with E-state index >= 15 is 0 Å². The number of phenols is 1. The molecule has 0 saturated carbocycles. The Morgan fingerprint density at radius 1 is 1.53 bits per heavy atom.